The molecule has 0 aromatic heterocycles. The predicted molar refractivity (Wildman–Crippen MR) is 48.4 cm³/mol. The fourth-order valence-corrected chi connectivity index (χ4v) is 0.685. The minimum absolute atomic E-state index is 0. The lowest BCUT2D eigenvalue weighted by molar-refractivity contribution is -0.922. The Bertz CT molecular complexity index is 167. The Morgan fingerprint density at radius 2 is 1.92 bits per heavy atom. The summed E-state index contributed by atoms with van der Waals surface area (Å²) in [6.07, 6.45) is 1.19. The molecule has 0 amide bonds. The van der Waals surface area contributed by atoms with Crippen LogP contribution in [0.1, 0.15) is 13.8 Å². The zero-order valence-corrected chi connectivity index (χ0v) is 9.30. The third kappa shape index (κ3) is 5.66. The van der Waals surface area contributed by atoms with Crippen molar-refractivity contribution in [2.24, 2.45) is 0 Å². The molecule has 0 aliphatic carbocycles. The van der Waals surface area contributed by atoms with E-state index < -0.39 is 0 Å². The van der Waals surface area contributed by atoms with Crippen LogP contribution in [-0.2, 0) is 9.53 Å². The summed E-state index contributed by atoms with van der Waals surface area (Å²) in [5.41, 5.74) is 0. The van der Waals surface area contributed by atoms with Gasteiger partial charge in [-0.25, -0.2) is 4.79 Å². The summed E-state index contributed by atoms with van der Waals surface area (Å²) >= 11 is 0. The van der Waals surface area contributed by atoms with Gasteiger partial charge in [-0.15, -0.1) is 0 Å². The molecule has 0 unspecified atom stereocenters. The van der Waals surface area contributed by atoms with Gasteiger partial charge in [-0.05, 0) is 13.8 Å². The molecule has 0 radical (unpaired) electrons. The standard InChI is InChI=1S/C9H18NO2.ClH/c1-5-9(11)12-8-10(4,6-2)7-3;/h5H,1,6-8H2,2-4H3;1H/q+1;/p-1. The second kappa shape index (κ2) is 6.92. The van der Waals surface area contributed by atoms with Gasteiger partial charge in [-0.2, -0.15) is 0 Å². The van der Waals surface area contributed by atoms with Crippen LogP contribution in [-0.4, -0.2) is 37.3 Å². The Kier molecular flexibility index (Phi) is 7.96. The van der Waals surface area contributed by atoms with Crippen molar-refractivity contribution in [2.75, 3.05) is 26.9 Å². The van der Waals surface area contributed by atoms with Crippen LogP contribution in [0.4, 0.5) is 0 Å². The molecule has 0 aromatic rings. The normalized spacial score (nSPS) is 10.1. The first-order valence-electron chi connectivity index (χ1n) is 4.20. The van der Waals surface area contributed by atoms with Gasteiger partial charge >= 0.3 is 5.97 Å². The number of carbonyl (C=O) groups excluding carboxylic acids is 1. The summed E-state index contributed by atoms with van der Waals surface area (Å²) < 4.78 is 5.70. The molecule has 78 valence electrons. The number of nitrogens with zero attached hydrogens (tertiary/aromatic N) is 1. The monoisotopic (exact) mass is 207 g/mol. The lowest BCUT2D eigenvalue weighted by atomic mass is 10.4. The van der Waals surface area contributed by atoms with Gasteiger partial charge in [0, 0.05) is 6.08 Å². The SMILES string of the molecule is C=CC(=O)OC[N+](C)(CC)CC.[Cl-]. The number of rotatable bonds is 5. The van der Waals surface area contributed by atoms with Crippen LogP contribution in [0.15, 0.2) is 12.7 Å². The molecule has 0 fully saturated rings. The van der Waals surface area contributed by atoms with E-state index in [0.29, 0.717) is 6.73 Å². The van der Waals surface area contributed by atoms with Gasteiger partial charge in [-0.1, -0.05) is 6.58 Å². The summed E-state index contributed by atoms with van der Waals surface area (Å²) in [7, 11) is 2.05. The predicted octanol–water partition coefficient (Wildman–Crippen LogP) is -1.84. The average Bonchev–Trinajstić information content (AvgIpc) is 2.13. The first-order chi connectivity index (χ1) is 5.58. The van der Waals surface area contributed by atoms with Crippen LogP contribution in [0.2, 0.25) is 0 Å². The summed E-state index contributed by atoms with van der Waals surface area (Å²) in [5, 5.41) is 0. The quantitative estimate of drug-likeness (QED) is 0.229. The number of halogens is 1. The molecule has 0 N–H and O–H groups in total. The molecule has 13 heavy (non-hydrogen) atoms. The lowest BCUT2D eigenvalue weighted by Gasteiger charge is -2.30. The van der Waals surface area contributed by atoms with E-state index in [1.807, 2.05) is 0 Å². The van der Waals surface area contributed by atoms with Gasteiger partial charge in [0.25, 0.3) is 0 Å². The zero-order valence-electron chi connectivity index (χ0n) is 8.55. The maximum absolute atomic E-state index is 10.7. The topological polar surface area (TPSA) is 26.3 Å². The first kappa shape index (κ1) is 15.0. The second-order valence-electron chi connectivity index (χ2n) is 3.05. The minimum atomic E-state index is -0.346. The smallest absolute Gasteiger partial charge is 0.334 e. The molecule has 0 heterocycles. The number of carbonyl (C=O) groups is 1. The zero-order chi connectivity index (χ0) is 9.61. The molecule has 3 nitrogen and oxygen atoms in total. The lowest BCUT2D eigenvalue weighted by Crippen LogP contribution is -3.00. The fraction of sp³-hybridized carbons (Fsp3) is 0.667. The fourth-order valence-electron chi connectivity index (χ4n) is 0.685. The van der Waals surface area contributed by atoms with Crippen molar-refractivity contribution in [3.05, 3.63) is 12.7 Å². The third-order valence-corrected chi connectivity index (χ3v) is 2.21. The van der Waals surface area contributed by atoms with E-state index in [4.69, 9.17) is 4.74 Å². The highest BCUT2D eigenvalue weighted by Crippen LogP contribution is 2.00. The minimum Gasteiger partial charge on any atom is -1.00 e. The molecule has 0 bridgehead atoms. The molecule has 0 saturated carbocycles. The molecule has 0 rings (SSSR count). The summed E-state index contributed by atoms with van der Waals surface area (Å²) in [5.74, 6) is -0.346. The van der Waals surface area contributed by atoms with E-state index in [1.54, 1.807) is 0 Å². The van der Waals surface area contributed by atoms with Gasteiger partial charge in [0.1, 0.15) is 0 Å². The van der Waals surface area contributed by atoms with Gasteiger partial charge in [0.05, 0.1) is 20.1 Å². The van der Waals surface area contributed by atoms with Crippen LogP contribution in [0, 0.1) is 0 Å². The largest absolute Gasteiger partial charge is 1.00 e. The van der Waals surface area contributed by atoms with Crippen LogP contribution in [0.3, 0.4) is 0 Å². The van der Waals surface area contributed by atoms with E-state index in [0.717, 1.165) is 17.6 Å². The number of hydrogen-bond acceptors (Lipinski definition) is 2. The summed E-state index contributed by atoms with van der Waals surface area (Å²) in [4.78, 5) is 10.7. The second-order valence-corrected chi connectivity index (χ2v) is 3.05. The highest BCUT2D eigenvalue weighted by Gasteiger charge is 2.17. The average molecular weight is 208 g/mol. The Hall–Kier alpha value is -0.540. The molecule has 0 aliphatic heterocycles. The highest BCUT2D eigenvalue weighted by molar-refractivity contribution is 5.81. The molecule has 0 spiro atoms. The third-order valence-electron chi connectivity index (χ3n) is 2.21. The Morgan fingerprint density at radius 1 is 1.46 bits per heavy atom. The number of esters is 1. The van der Waals surface area contributed by atoms with Crippen LogP contribution in [0.25, 0.3) is 0 Å². The number of hydrogen-bond donors (Lipinski definition) is 0. The molecular formula is C9H18ClNO2. The van der Waals surface area contributed by atoms with E-state index in [2.05, 4.69) is 27.5 Å². The van der Waals surface area contributed by atoms with Crippen molar-refractivity contribution in [3.63, 3.8) is 0 Å². The molecule has 0 atom stereocenters. The Balaban J connectivity index is 0. The van der Waals surface area contributed by atoms with Gasteiger partial charge in [-0.3, -0.25) is 4.48 Å². The maximum atomic E-state index is 10.7. The van der Waals surface area contributed by atoms with Crippen molar-refractivity contribution in [1.82, 2.24) is 0 Å². The molecule has 0 aromatic carbocycles. The first-order valence-corrected chi connectivity index (χ1v) is 4.20. The summed E-state index contributed by atoms with van der Waals surface area (Å²) in [6.45, 7) is 9.83. The van der Waals surface area contributed by atoms with Crippen LogP contribution < -0.4 is 12.4 Å². The van der Waals surface area contributed by atoms with Crippen molar-refractivity contribution in [3.8, 4) is 0 Å². The van der Waals surface area contributed by atoms with Crippen LogP contribution in [0.5, 0.6) is 0 Å². The maximum Gasteiger partial charge on any atom is 0.334 e. The van der Waals surface area contributed by atoms with Crippen molar-refractivity contribution >= 4 is 5.97 Å². The number of ether oxygens (including phenoxy) is 1. The van der Waals surface area contributed by atoms with Gasteiger partial charge in [0.2, 0.25) is 6.73 Å². The van der Waals surface area contributed by atoms with E-state index >= 15 is 0 Å². The van der Waals surface area contributed by atoms with Crippen molar-refractivity contribution in [1.29, 1.82) is 0 Å². The highest BCUT2D eigenvalue weighted by atomic mass is 35.5. The molecule has 0 aliphatic rings. The molecule has 0 saturated heterocycles. The molecule has 4 heteroatoms. The molecular weight excluding hydrogens is 190 g/mol. The van der Waals surface area contributed by atoms with E-state index in [9.17, 15) is 4.79 Å². The Morgan fingerprint density at radius 3 is 2.23 bits per heavy atom. The van der Waals surface area contributed by atoms with Crippen LogP contribution >= 0.6 is 0 Å². The Labute approximate surface area is 86.4 Å². The van der Waals surface area contributed by atoms with Crippen molar-refractivity contribution < 1.29 is 26.4 Å². The van der Waals surface area contributed by atoms with Crippen molar-refractivity contribution in [2.45, 2.75) is 13.8 Å². The van der Waals surface area contributed by atoms with Gasteiger partial charge < -0.3 is 17.1 Å². The number of quaternary nitrogens is 1. The summed E-state index contributed by atoms with van der Waals surface area (Å²) in [6, 6.07) is 0. The van der Waals surface area contributed by atoms with E-state index in [-0.39, 0.29) is 18.4 Å². The van der Waals surface area contributed by atoms with E-state index in [1.165, 1.54) is 6.08 Å². The van der Waals surface area contributed by atoms with Gasteiger partial charge in [0.15, 0.2) is 0 Å².